The van der Waals surface area contributed by atoms with Gasteiger partial charge in [-0.05, 0) is 55.8 Å². The number of sulfonamides is 1. The third kappa shape index (κ3) is 5.37. The van der Waals surface area contributed by atoms with Crippen LogP contribution in [-0.2, 0) is 19.6 Å². The van der Waals surface area contributed by atoms with E-state index in [0.29, 0.717) is 22.6 Å². The highest BCUT2D eigenvalue weighted by Crippen LogP contribution is 2.27. The van der Waals surface area contributed by atoms with Gasteiger partial charge in [0.25, 0.3) is 10.0 Å². The molecule has 0 heterocycles. The molecule has 1 amide bonds. The lowest BCUT2D eigenvalue weighted by atomic mass is 10.1. The Morgan fingerprint density at radius 1 is 0.941 bits per heavy atom. The zero-order valence-corrected chi connectivity index (χ0v) is 20.2. The molecule has 178 valence electrons. The highest BCUT2D eigenvalue weighted by molar-refractivity contribution is 7.92. The van der Waals surface area contributed by atoms with Gasteiger partial charge < -0.3 is 14.8 Å². The van der Waals surface area contributed by atoms with Gasteiger partial charge in [-0.3, -0.25) is 9.10 Å². The number of aryl methyl sites for hydroxylation is 1. The van der Waals surface area contributed by atoms with Gasteiger partial charge in [-0.25, -0.2) is 13.2 Å². The molecule has 34 heavy (non-hydrogen) atoms. The maximum atomic E-state index is 13.5. The van der Waals surface area contributed by atoms with Gasteiger partial charge in [-0.15, -0.1) is 0 Å². The molecule has 0 aliphatic carbocycles. The monoisotopic (exact) mass is 482 g/mol. The number of nitrogens with one attached hydrogen (secondary N) is 1. The SMILES string of the molecule is COC(=O)c1cccc(NC(=O)CN(c2cccc(OC)c2)S(=O)(=O)c2ccc(C)cc2)c1C. The van der Waals surface area contributed by atoms with E-state index in [9.17, 15) is 18.0 Å². The molecule has 0 atom stereocenters. The number of esters is 1. The number of benzene rings is 3. The molecule has 0 saturated carbocycles. The van der Waals surface area contributed by atoms with E-state index in [1.54, 1.807) is 61.5 Å². The van der Waals surface area contributed by atoms with Crippen molar-refractivity contribution in [2.45, 2.75) is 18.7 Å². The van der Waals surface area contributed by atoms with E-state index in [0.717, 1.165) is 9.87 Å². The average Bonchev–Trinajstić information content (AvgIpc) is 2.83. The first-order chi connectivity index (χ1) is 16.2. The summed E-state index contributed by atoms with van der Waals surface area (Å²) in [5.74, 6) is -0.666. The van der Waals surface area contributed by atoms with Gasteiger partial charge in [0.15, 0.2) is 0 Å². The standard InChI is InChI=1S/C25H26N2O6S/c1-17-11-13-21(14-12-17)34(30,31)27(19-7-5-8-20(15-19)32-3)16-24(28)26-23-10-6-9-22(18(23)2)25(29)33-4/h5-15H,16H2,1-4H3,(H,26,28). The Morgan fingerprint density at radius 3 is 2.26 bits per heavy atom. The van der Waals surface area contributed by atoms with Crippen molar-refractivity contribution in [2.24, 2.45) is 0 Å². The summed E-state index contributed by atoms with van der Waals surface area (Å²) in [7, 11) is -1.33. The fourth-order valence-electron chi connectivity index (χ4n) is 3.34. The number of methoxy groups -OCH3 is 2. The molecular formula is C25H26N2O6S. The Balaban J connectivity index is 1.97. The normalized spacial score (nSPS) is 10.9. The average molecular weight is 483 g/mol. The highest BCUT2D eigenvalue weighted by Gasteiger charge is 2.28. The van der Waals surface area contributed by atoms with E-state index in [-0.39, 0.29) is 10.6 Å². The van der Waals surface area contributed by atoms with E-state index in [1.165, 1.54) is 26.4 Å². The van der Waals surface area contributed by atoms with Crippen LogP contribution in [-0.4, -0.2) is 41.1 Å². The van der Waals surface area contributed by atoms with Gasteiger partial charge in [0.05, 0.1) is 30.4 Å². The molecule has 0 aromatic heterocycles. The van der Waals surface area contributed by atoms with Crippen LogP contribution < -0.4 is 14.4 Å². The van der Waals surface area contributed by atoms with Crippen LogP contribution in [0.2, 0.25) is 0 Å². The van der Waals surface area contributed by atoms with Crippen LogP contribution in [0.25, 0.3) is 0 Å². The van der Waals surface area contributed by atoms with E-state index >= 15 is 0 Å². The predicted octanol–water partition coefficient (Wildman–Crippen LogP) is 3.93. The van der Waals surface area contributed by atoms with Crippen molar-refractivity contribution in [3.8, 4) is 5.75 Å². The molecule has 0 aliphatic rings. The Kier molecular flexibility index (Phi) is 7.57. The number of ether oxygens (including phenoxy) is 2. The predicted molar refractivity (Wildman–Crippen MR) is 130 cm³/mol. The molecule has 3 rings (SSSR count). The first-order valence-corrected chi connectivity index (χ1v) is 11.8. The third-order valence-electron chi connectivity index (χ3n) is 5.25. The number of rotatable bonds is 8. The molecule has 8 nitrogen and oxygen atoms in total. The van der Waals surface area contributed by atoms with Gasteiger partial charge in [-0.1, -0.05) is 29.8 Å². The summed E-state index contributed by atoms with van der Waals surface area (Å²) >= 11 is 0. The third-order valence-corrected chi connectivity index (χ3v) is 7.04. The second kappa shape index (κ2) is 10.4. The van der Waals surface area contributed by atoms with E-state index in [2.05, 4.69) is 5.32 Å². The molecular weight excluding hydrogens is 456 g/mol. The molecule has 3 aromatic rings. The number of amides is 1. The van der Waals surface area contributed by atoms with Crippen LogP contribution in [0.3, 0.4) is 0 Å². The van der Waals surface area contributed by atoms with E-state index in [1.807, 2.05) is 6.92 Å². The van der Waals surface area contributed by atoms with Crippen LogP contribution in [0.1, 0.15) is 21.5 Å². The quantitative estimate of drug-likeness (QED) is 0.488. The first-order valence-electron chi connectivity index (χ1n) is 10.4. The van der Waals surface area contributed by atoms with Gasteiger partial charge in [0.2, 0.25) is 5.91 Å². The molecule has 0 saturated heterocycles. The Labute approximate surface area is 199 Å². The molecule has 1 N–H and O–H groups in total. The molecule has 0 unspecified atom stereocenters. The van der Waals surface area contributed by atoms with Gasteiger partial charge >= 0.3 is 5.97 Å². The summed E-state index contributed by atoms with van der Waals surface area (Å²) in [5.41, 5.74) is 2.38. The smallest absolute Gasteiger partial charge is 0.338 e. The van der Waals surface area contributed by atoms with Crippen LogP contribution in [0.5, 0.6) is 5.75 Å². The van der Waals surface area contributed by atoms with Crippen molar-refractivity contribution < 1.29 is 27.5 Å². The molecule has 0 spiro atoms. The van der Waals surface area contributed by atoms with Crippen molar-refractivity contribution in [3.63, 3.8) is 0 Å². The highest BCUT2D eigenvalue weighted by atomic mass is 32.2. The first kappa shape index (κ1) is 24.8. The fraction of sp³-hybridized carbons (Fsp3) is 0.200. The minimum atomic E-state index is -4.08. The summed E-state index contributed by atoms with van der Waals surface area (Å²) in [5, 5.41) is 2.71. The van der Waals surface area contributed by atoms with Gasteiger partial charge in [-0.2, -0.15) is 0 Å². The molecule has 9 heteroatoms. The molecule has 0 aliphatic heterocycles. The van der Waals surface area contributed by atoms with E-state index < -0.39 is 28.4 Å². The number of hydrogen-bond donors (Lipinski definition) is 1. The summed E-state index contributed by atoms with van der Waals surface area (Å²) in [4.78, 5) is 25.0. The fourth-order valence-corrected chi connectivity index (χ4v) is 4.75. The zero-order valence-electron chi connectivity index (χ0n) is 19.4. The van der Waals surface area contributed by atoms with Crippen molar-refractivity contribution in [1.82, 2.24) is 0 Å². The summed E-state index contributed by atoms with van der Waals surface area (Å²) in [6, 6.07) is 17.7. The number of hydrogen-bond acceptors (Lipinski definition) is 6. The molecule has 0 bridgehead atoms. The topological polar surface area (TPSA) is 102 Å². The van der Waals surface area contributed by atoms with Gasteiger partial charge in [0.1, 0.15) is 12.3 Å². The summed E-state index contributed by atoms with van der Waals surface area (Å²) in [6.07, 6.45) is 0. The lowest BCUT2D eigenvalue weighted by Crippen LogP contribution is -2.38. The van der Waals surface area contributed by atoms with Gasteiger partial charge in [0, 0.05) is 11.8 Å². The van der Waals surface area contributed by atoms with Crippen LogP contribution in [0.15, 0.2) is 71.6 Å². The minimum absolute atomic E-state index is 0.0533. The number of nitrogens with zero attached hydrogens (tertiary/aromatic N) is 1. The summed E-state index contributed by atoms with van der Waals surface area (Å²) < 4.78 is 38.1. The minimum Gasteiger partial charge on any atom is -0.497 e. The second-order valence-electron chi connectivity index (χ2n) is 7.54. The largest absolute Gasteiger partial charge is 0.497 e. The molecule has 0 fully saturated rings. The Bertz CT molecular complexity index is 1300. The second-order valence-corrected chi connectivity index (χ2v) is 9.41. The van der Waals surface area contributed by atoms with Crippen LogP contribution in [0.4, 0.5) is 11.4 Å². The van der Waals surface area contributed by atoms with Crippen molar-refractivity contribution in [1.29, 1.82) is 0 Å². The molecule has 0 radical (unpaired) electrons. The summed E-state index contributed by atoms with van der Waals surface area (Å²) in [6.45, 7) is 3.03. The van der Waals surface area contributed by atoms with Crippen LogP contribution in [0, 0.1) is 13.8 Å². The van der Waals surface area contributed by atoms with Crippen molar-refractivity contribution in [3.05, 3.63) is 83.4 Å². The van der Waals surface area contributed by atoms with Crippen molar-refractivity contribution >= 4 is 33.3 Å². The lowest BCUT2D eigenvalue weighted by Gasteiger charge is -2.25. The maximum Gasteiger partial charge on any atom is 0.338 e. The van der Waals surface area contributed by atoms with E-state index in [4.69, 9.17) is 9.47 Å². The molecule has 3 aromatic carbocycles. The van der Waals surface area contributed by atoms with Crippen molar-refractivity contribution in [2.75, 3.05) is 30.4 Å². The lowest BCUT2D eigenvalue weighted by molar-refractivity contribution is -0.114. The van der Waals surface area contributed by atoms with Crippen LogP contribution >= 0.6 is 0 Å². The number of carbonyl (C=O) groups excluding carboxylic acids is 2. The zero-order chi connectivity index (χ0) is 24.9. The maximum absolute atomic E-state index is 13.5. The Morgan fingerprint density at radius 2 is 1.62 bits per heavy atom. The number of anilines is 2. The number of carbonyl (C=O) groups is 2. The Hall–Kier alpha value is -3.85.